The molecule has 1 aliphatic heterocycles. The van der Waals surface area contributed by atoms with Crippen molar-refractivity contribution in [2.24, 2.45) is 0 Å². The molecule has 1 unspecified atom stereocenters. The molecule has 1 aromatic heterocycles. The van der Waals surface area contributed by atoms with Gasteiger partial charge in [0.05, 0.1) is 28.1 Å². The van der Waals surface area contributed by atoms with E-state index in [-0.39, 0.29) is 29.3 Å². The number of benzene rings is 2. The molecule has 7 nitrogen and oxygen atoms in total. The van der Waals surface area contributed by atoms with Crippen LogP contribution in [0.4, 0.5) is 10.1 Å². The van der Waals surface area contributed by atoms with Crippen molar-refractivity contribution in [1.29, 1.82) is 0 Å². The first kappa shape index (κ1) is 24.0. The van der Waals surface area contributed by atoms with E-state index in [1.165, 1.54) is 23.9 Å². The lowest BCUT2D eigenvalue weighted by molar-refractivity contribution is -0.113. The lowest BCUT2D eigenvalue weighted by atomic mass is 10.1. The van der Waals surface area contributed by atoms with E-state index in [1.807, 2.05) is 4.57 Å². The van der Waals surface area contributed by atoms with Crippen molar-refractivity contribution in [3.63, 3.8) is 0 Å². The zero-order valence-corrected chi connectivity index (χ0v) is 19.9. The number of anilines is 1. The molecular formula is C24H23ClFN5O2S. The number of aromatic nitrogens is 3. The Bertz CT molecular complexity index is 1220. The Labute approximate surface area is 206 Å². The van der Waals surface area contributed by atoms with Crippen LogP contribution in [-0.2, 0) is 11.3 Å². The average molecular weight is 500 g/mol. The van der Waals surface area contributed by atoms with Gasteiger partial charge in [-0.15, -0.1) is 16.8 Å². The number of thioether (sulfide) groups is 1. The molecule has 1 saturated heterocycles. The number of nitrogens with one attached hydrogen (secondary N) is 1. The van der Waals surface area contributed by atoms with Crippen molar-refractivity contribution < 1.29 is 14.0 Å². The number of carbonyl (C=O) groups is 2. The van der Waals surface area contributed by atoms with Crippen molar-refractivity contribution in [3.05, 3.63) is 83.4 Å². The summed E-state index contributed by atoms with van der Waals surface area (Å²) in [6, 6.07) is 12.7. The van der Waals surface area contributed by atoms with Crippen LogP contribution in [0.15, 0.2) is 66.3 Å². The summed E-state index contributed by atoms with van der Waals surface area (Å²) in [6.07, 6.45) is 3.28. The molecule has 1 aliphatic rings. The van der Waals surface area contributed by atoms with E-state index in [1.54, 1.807) is 47.4 Å². The summed E-state index contributed by atoms with van der Waals surface area (Å²) in [6.45, 7) is 4.82. The molecule has 1 atom stereocenters. The molecule has 2 heterocycles. The minimum absolute atomic E-state index is 0.0244. The Morgan fingerprint density at radius 2 is 1.97 bits per heavy atom. The van der Waals surface area contributed by atoms with Crippen LogP contribution in [0, 0.1) is 5.82 Å². The molecule has 176 valence electrons. The average Bonchev–Trinajstić information content (AvgIpc) is 3.46. The quantitative estimate of drug-likeness (QED) is 0.350. The van der Waals surface area contributed by atoms with Gasteiger partial charge in [-0.25, -0.2) is 4.39 Å². The van der Waals surface area contributed by atoms with Gasteiger partial charge in [-0.1, -0.05) is 53.7 Å². The van der Waals surface area contributed by atoms with Gasteiger partial charge in [0.15, 0.2) is 11.0 Å². The molecule has 0 bridgehead atoms. The van der Waals surface area contributed by atoms with Gasteiger partial charge in [0.2, 0.25) is 5.91 Å². The number of hydrogen-bond donors (Lipinski definition) is 1. The molecule has 1 N–H and O–H groups in total. The fourth-order valence-corrected chi connectivity index (χ4v) is 4.87. The van der Waals surface area contributed by atoms with Crippen molar-refractivity contribution in [2.45, 2.75) is 30.6 Å². The van der Waals surface area contributed by atoms with E-state index >= 15 is 0 Å². The normalized spacial score (nSPS) is 15.4. The van der Waals surface area contributed by atoms with Gasteiger partial charge >= 0.3 is 0 Å². The zero-order chi connectivity index (χ0) is 24.1. The van der Waals surface area contributed by atoms with Gasteiger partial charge in [-0.2, -0.15) is 0 Å². The first-order chi connectivity index (χ1) is 16.5. The molecule has 2 amide bonds. The van der Waals surface area contributed by atoms with Crippen LogP contribution < -0.4 is 5.32 Å². The van der Waals surface area contributed by atoms with Crippen LogP contribution >= 0.6 is 23.4 Å². The number of amides is 2. The number of halogens is 2. The fourth-order valence-electron chi connectivity index (χ4n) is 3.90. The molecule has 0 radical (unpaired) electrons. The predicted molar refractivity (Wildman–Crippen MR) is 130 cm³/mol. The Morgan fingerprint density at radius 3 is 2.74 bits per heavy atom. The minimum atomic E-state index is -0.498. The lowest BCUT2D eigenvalue weighted by Crippen LogP contribution is -2.32. The Hall–Kier alpha value is -3.17. The fraction of sp³-hybridized carbons (Fsp3) is 0.250. The first-order valence-electron chi connectivity index (χ1n) is 10.8. The summed E-state index contributed by atoms with van der Waals surface area (Å²) in [7, 11) is 0. The molecule has 3 aromatic rings. The number of nitrogens with zero attached hydrogens (tertiary/aromatic N) is 4. The van der Waals surface area contributed by atoms with Crippen molar-refractivity contribution in [2.75, 3.05) is 17.6 Å². The second-order valence-corrected chi connectivity index (χ2v) is 9.04. The summed E-state index contributed by atoms with van der Waals surface area (Å²) in [5, 5.41) is 12.1. The van der Waals surface area contributed by atoms with Gasteiger partial charge in [0.1, 0.15) is 5.82 Å². The third kappa shape index (κ3) is 5.15. The van der Waals surface area contributed by atoms with Crippen LogP contribution in [0.25, 0.3) is 0 Å². The smallest absolute Gasteiger partial charge is 0.255 e. The number of likely N-dealkylation sites (tertiary alicyclic amines) is 1. The SMILES string of the molecule is C=CCn1c(SCC(=O)Nc2ccccc2F)nnc1C1CCCN1C(=O)c1ccccc1Cl. The van der Waals surface area contributed by atoms with E-state index < -0.39 is 5.82 Å². The topological polar surface area (TPSA) is 80.1 Å². The predicted octanol–water partition coefficient (Wildman–Crippen LogP) is 4.96. The summed E-state index contributed by atoms with van der Waals surface area (Å²) in [5.41, 5.74) is 0.575. The molecule has 2 aromatic carbocycles. The zero-order valence-electron chi connectivity index (χ0n) is 18.3. The molecule has 0 spiro atoms. The Kier molecular flexibility index (Phi) is 7.64. The van der Waals surface area contributed by atoms with E-state index in [0.717, 1.165) is 12.8 Å². The van der Waals surface area contributed by atoms with Gasteiger partial charge in [0, 0.05) is 13.1 Å². The summed E-state index contributed by atoms with van der Waals surface area (Å²) in [4.78, 5) is 27.3. The number of carbonyl (C=O) groups excluding carboxylic acids is 2. The standard InChI is InChI=1S/C24H23ClFN5O2S/c1-2-13-31-22(20-12-7-14-30(20)23(33)16-8-3-4-9-17(16)25)28-29-24(31)34-15-21(32)27-19-11-6-5-10-18(19)26/h2-6,8-11,20H,1,7,12-15H2,(H,27,32). The van der Waals surface area contributed by atoms with E-state index in [0.29, 0.717) is 34.7 Å². The van der Waals surface area contributed by atoms with Crippen molar-refractivity contribution in [1.82, 2.24) is 19.7 Å². The van der Waals surface area contributed by atoms with E-state index in [9.17, 15) is 14.0 Å². The molecule has 10 heteroatoms. The maximum atomic E-state index is 13.8. The van der Waals surface area contributed by atoms with Crippen LogP contribution in [0.2, 0.25) is 5.02 Å². The third-order valence-corrected chi connectivity index (χ3v) is 6.75. The van der Waals surface area contributed by atoms with E-state index in [2.05, 4.69) is 22.1 Å². The van der Waals surface area contributed by atoms with E-state index in [4.69, 9.17) is 11.6 Å². The molecule has 0 aliphatic carbocycles. The summed E-state index contributed by atoms with van der Waals surface area (Å²) >= 11 is 7.45. The lowest BCUT2D eigenvalue weighted by Gasteiger charge is -2.25. The highest BCUT2D eigenvalue weighted by Crippen LogP contribution is 2.35. The van der Waals surface area contributed by atoms with Crippen LogP contribution in [-0.4, -0.2) is 43.8 Å². The number of hydrogen-bond acceptors (Lipinski definition) is 5. The molecule has 0 saturated carbocycles. The van der Waals surface area contributed by atoms with Gasteiger partial charge in [-0.3, -0.25) is 9.59 Å². The maximum absolute atomic E-state index is 13.8. The molecule has 1 fully saturated rings. The highest BCUT2D eigenvalue weighted by atomic mass is 35.5. The maximum Gasteiger partial charge on any atom is 0.255 e. The molecular weight excluding hydrogens is 477 g/mol. The Morgan fingerprint density at radius 1 is 1.21 bits per heavy atom. The van der Waals surface area contributed by atoms with Gasteiger partial charge in [-0.05, 0) is 37.1 Å². The highest BCUT2D eigenvalue weighted by Gasteiger charge is 2.35. The number of para-hydroxylation sites is 1. The van der Waals surface area contributed by atoms with Gasteiger partial charge in [0.25, 0.3) is 5.91 Å². The first-order valence-corrected chi connectivity index (χ1v) is 12.1. The second-order valence-electron chi connectivity index (χ2n) is 7.69. The van der Waals surface area contributed by atoms with Crippen LogP contribution in [0.1, 0.15) is 35.1 Å². The van der Waals surface area contributed by atoms with Crippen LogP contribution in [0.3, 0.4) is 0 Å². The van der Waals surface area contributed by atoms with Crippen molar-refractivity contribution in [3.8, 4) is 0 Å². The molecule has 34 heavy (non-hydrogen) atoms. The number of rotatable bonds is 8. The van der Waals surface area contributed by atoms with Crippen LogP contribution in [0.5, 0.6) is 0 Å². The van der Waals surface area contributed by atoms with Gasteiger partial charge < -0.3 is 14.8 Å². The Balaban J connectivity index is 1.51. The highest BCUT2D eigenvalue weighted by molar-refractivity contribution is 7.99. The monoisotopic (exact) mass is 499 g/mol. The summed E-state index contributed by atoms with van der Waals surface area (Å²) < 4.78 is 15.7. The third-order valence-electron chi connectivity index (χ3n) is 5.45. The number of allylic oxidation sites excluding steroid dienone is 1. The summed E-state index contributed by atoms with van der Waals surface area (Å²) in [5.74, 6) is -0.352. The molecule has 4 rings (SSSR count). The second kappa shape index (κ2) is 10.8. The largest absolute Gasteiger partial charge is 0.328 e. The minimum Gasteiger partial charge on any atom is -0.328 e. The van der Waals surface area contributed by atoms with Crippen molar-refractivity contribution >= 4 is 40.9 Å².